The van der Waals surface area contributed by atoms with Crippen molar-refractivity contribution in [1.82, 2.24) is 14.4 Å². The predicted molar refractivity (Wildman–Crippen MR) is 162 cm³/mol. The third kappa shape index (κ3) is 7.20. The van der Waals surface area contributed by atoms with E-state index < -0.39 is 35.4 Å². The SMILES string of the molecule is CC1=C(C(=O)OC(C)C)C(c2ccc(C(F)(F)F)cc2)n2c(s/c(=C\c3ccc(OCC(=O)N4CCN(C)CC4)cc3)c2=O)=N1. The largest absolute Gasteiger partial charge is 0.484 e. The Labute approximate surface area is 261 Å². The minimum atomic E-state index is -4.54. The Kier molecular flexibility index (Phi) is 9.31. The zero-order valence-electron chi connectivity index (χ0n) is 25.3. The van der Waals surface area contributed by atoms with Gasteiger partial charge in [-0.3, -0.25) is 14.2 Å². The molecule has 13 heteroatoms. The zero-order valence-corrected chi connectivity index (χ0v) is 26.1. The summed E-state index contributed by atoms with van der Waals surface area (Å²) >= 11 is 1.11. The number of likely N-dealkylation sites (N-methyl/N-ethyl adjacent to an activating group) is 1. The molecule has 238 valence electrons. The normalized spacial score (nSPS) is 17.7. The van der Waals surface area contributed by atoms with Crippen molar-refractivity contribution in [1.29, 1.82) is 0 Å². The van der Waals surface area contributed by atoms with Gasteiger partial charge in [0.1, 0.15) is 5.75 Å². The average molecular weight is 643 g/mol. The lowest BCUT2D eigenvalue weighted by Gasteiger charge is -2.32. The van der Waals surface area contributed by atoms with Crippen molar-refractivity contribution in [2.45, 2.75) is 39.1 Å². The number of benzene rings is 2. The molecule has 2 aliphatic rings. The Balaban J connectivity index is 1.44. The Morgan fingerprint density at radius 1 is 1.04 bits per heavy atom. The van der Waals surface area contributed by atoms with Gasteiger partial charge < -0.3 is 19.3 Å². The van der Waals surface area contributed by atoms with Gasteiger partial charge in [-0.15, -0.1) is 0 Å². The van der Waals surface area contributed by atoms with Crippen molar-refractivity contribution in [3.63, 3.8) is 0 Å². The van der Waals surface area contributed by atoms with E-state index in [0.29, 0.717) is 45.0 Å². The van der Waals surface area contributed by atoms with Crippen LogP contribution in [0.1, 0.15) is 43.5 Å². The van der Waals surface area contributed by atoms with Crippen molar-refractivity contribution in [3.8, 4) is 5.75 Å². The number of carbonyl (C=O) groups is 2. The van der Waals surface area contributed by atoms with E-state index in [0.717, 1.165) is 36.6 Å². The molecule has 1 saturated heterocycles. The second kappa shape index (κ2) is 13.0. The number of nitrogens with zero attached hydrogens (tertiary/aromatic N) is 4. The van der Waals surface area contributed by atoms with Gasteiger partial charge >= 0.3 is 12.1 Å². The lowest BCUT2D eigenvalue weighted by Crippen LogP contribution is -2.48. The number of hydrogen-bond acceptors (Lipinski definition) is 8. The highest BCUT2D eigenvalue weighted by Gasteiger charge is 2.35. The number of alkyl halides is 3. The maximum atomic E-state index is 13.8. The van der Waals surface area contributed by atoms with E-state index in [1.807, 2.05) is 7.05 Å². The highest BCUT2D eigenvalue weighted by molar-refractivity contribution is 7.07. The molecule has 3 heterocycles. The molecule has 2 aliphatic heterocycles. The standard InChI is InChI=1S/C32H33F3N4O5S/c1-19(2)44-30(42)27-20(3)36-31-39(28(27)22-7-9-23(10-8-22)32(33,34)35)29(41)25(45-31)17-21-5-11-24(12-6-21)43-18-26(40)38-15-13-37(4)14-16-38/h5-12,17,19,28H,13-16,18H2,1-4H3/b25-17-. The van der Waals surface area contributed by atoms with Crippen LogP contribution >= 0.6 is 11.3 Å². The van der Waals surface area contributed by atoms with Crippen molar-refractivity contribution in [3.05, 3.63) is 96.2 Å². The van der Waals surface area contributed by atoms with Crippen molar-refractivity contribution in [2.75, 3.05) is 39.8 Å². The third-order valence-corrected chi connectivity index (χ3v) is 8.52. The molecule has 0 saturated carbocycles. The minimum Gasteiger partial charge on any atom is -0.484 e. The number of ether oxygens (including phenoxy) is 2. The van der Waals surface area contributed by atoms with Crippen LogP contribution < -0.4 is 19.6 Å². The van der Waals surface area contributed by atoms with E-state index in [4.69, 9.17) is 9.47 Å². The maximum Gasteiger partial charge on any atom is 0.416 e. The maximum absolute atomic E-state index is 13.8. The number of rotatable bonds is 7. The second-order valence-electron chi connectivity index (χ2n) is 11.2. The van der Waals surface area contributed by atoms with E-state index in [2.05, 4.69) is 9.89 Å². The first-order valence-corrected chi connectivity index (χ1v) is 15.2. The fourth-order valence-electron chi connectivity index (χ4n) is 5.13. The number of esters is 1. The van der Waals surface area contributed by atoms with Crippen molar-refractivity contribution >= 4 is 29.3 Å². The first kappa shape index (κ1) is 32.2. The molecule has 1 aromatic heterocycles. The van der Waals surface area contributed by atoms with Gasteiger partial charge in [-0.2, -0.15) is 13.2 Å². The van der Waals surface area contributed by atoms with Gasteiger partial charge in [-0.1, -0.05) is 35.6 Å². The third-order valence-electron chi connectivity index (χ3n) is 7.53. The molecule has 45 heavy (non-hydrogen) atoms. The van der Waals surface area contributed by atoms with Crippen LogP contribution in [0.3, 0.4) is 0 Å². The molecule has 1 unspecified atom stereocenters. The molecule has 0 spiro atoms. The first-order valence-electron chi connectivity index (χ1n) is 14.4. The number of carbonyl (C=O) groups excluding carboxylic acids is 2. The van der Waals surface area contributed by atoms with Crippen LogP contribution in [0.4, 0.5) is 13.2 Å². The zero-order chi connectivity index (χ0) is 32.5. The van der Waals surface area contributed by atoms with Crippen LogP contribution in [0.25, 0.3) is 6.08 Å². The predicted octanol–water partition coefficient (Wildman–Crippen LogP) is 3.36. The van der Waals surface area contributed by atoms with E-state index >= 15 is 0 Å². The highest BCUT2D eigenvalue weighted by Crippen LogP contribution is 2.34. The first-order chi connectivity index (χ1) is 21.3. The number of aromatic nitrogens is 1. The number of hydrogen-bond donors (Lipinski definition) is 0. The van der Waals surface area contributed by atoms with Crippen LogP contribution in [-0.2, 0) is 20.5 Å². The number of halogens is 3. The average Bonchev–Trinajstić information content (AvgIpc) is 3.29. The molecule has 0 bridgehead atoms. The van der Waals surface area contributed by atoms with Gasteiger partial charge in [0, 0.05) is 26.2 Å². The molecule has 1 amide bonds. The van der Waals surface area contributed by atoms with Crippen LogP contribution in [0.2, 0.25) is 0 Å². The van der Waals surface area contributed by atoms with E-state index in [1.165, 1.54) is 16.7 Å². The second-order valence-corrected chi connectivity index (χ2v) is 12.2. The molecule has 9 nitrogen and oxygen atoms in total. The molecule has 0 radical (unpaired) electrons. The Hall–Kier alpha value is -4.23. The van der Waals surface area contributed by atoms with Crippen LogP contribution in [0, 0.1) is 0 Å². The quantitative estimate of drug-likeness (QED) is 0.367. The van der Waals surface area contributed by atoms with Gasteiger partial charge in [-0.25, -0.2) is 9.79 Å². The summed E-state index contributed by atoms with van der Waals surface area (Å²) in [7, 11) is 2.02. The number of thiazole rings is 1. The summed E-state index contributed by atoms with van der Waals surface area (Å²) in [5.41, 5.74) is 0.0828. The fourth-order valence-corrected chi connectivity index (χ4v) is 6.18. The highest BCUT2D eigenvalue weighted by atomic mass is 32.1. The van der Waals surface area contributed by atoms with Crippen LogP contribution in [-0.4, -0.2) is 72.2 Å². The molecule has 5 rings (SSSR count). The van der Waals surface area contributed by atoms with Gasteiger partial charge in [0.25, 0.3) is 11.5 Å². The molecule has 3 aromatic rings. The summed E-state index contributed by atoms with van der Waals surface area (Å²) in [4.78, 5) is 48.3. The number of piperazine rings is 1. The number of fused-ring (bicyclic) bond motifs is 1. The van der Waals surface area contributed by atoms with E-state index in [-0.39, 0.29) is 18.1 Å². The Morgan fingerprint density at radius 2 is 1.69 bits per heavy atom. The van der Waals surface area contributed by atoms with E-state index in [9.17, 15) is 27.6 Å². The van der Waals surface area contributed by atoms with Crippen LogP contribution in [0.15, 0.2) is 69.6 Å². The number of allylic oxidation sites excluding steroid dienone is 1. The summed E-state index contributed by atoms with van der Waals surface area (Å²) in [6, 6.07) is 10.2. The van der Waals surface area contributed by atoms with E-state index in [1.54, 1.807) is 56.0 Å². The summed E-state index contributed by atoms with van der Waals surface area (Å²) in [5.74, 6) is -0.280. The summed E-state index contributed by atoms with van der Waals surface area (Å²) in [5, 5.41) is 0. The fraction of sp³-hybridized carbons (Fsp3) is 0.375. The smallest absolute Gasteiger partial charge is 0.416 e. The number of amides is 1. The minimum absolute atomic E-state index is 0.0768. The monoisotopic (exact) mass is 642 g/mol. The Bertz CT molecular complexity index is 1790. The summed E-state index contributed by atoms with van der Waals surface area (Å²) in [6.45, 7) is 7.85. The summed E-state index contributed by atoms with van der Waals surface area (Å²) < 4.78 is 52.7. The summed E-state index contributed by atoms with van der Waals surface area (Å²) in [6.07, 6.45) is -3.34. The van der Waals surface area contributed by atoms with Gasteiger partial charge in [-0.05, 0) is 69.3 Å². The lowest BCUT2D eigenvalue weighted by molar-refractivity contribution is -0.143. The molecule has 1 atom stereocenters. The lowest BCUT2D eigenvalue weighted by atomic mass is 9.95. The molecular weight excluding hydrogens is 609 g/mol. The molecule has 1 fully saturated rings. The van der Waals surface area contributed by atoms with Gasteiger partial charge in [0.15, 0.2) is 11.4 Å². The molecular formula is C32H33F3N4O5S. The van der Waals surface area contributed by atoms with Crippen molar-refractivity contribution < 1.29 is 32.2 Å². The van der Waals surface area contributed by atoms with Gasteiger partial charge in [0.05, 0.1) is 33.5 Å². The van der Waals surface area contributed by atoms with Crippen LogP contribution in [0.5, 0.6) is 5.75 Å². The molecule has 0 aliphatic carbocycles. The Morgan fingerprint density at radius 3 is 2.29 bits per heavy atom. The van der Waals surface area contributed by atoms with Gasteiger partial charge in [0.2, 0.25) is 0 Å². The van der Waals surface area contributed by atoms with Crippen molar-refractivity contribution in [2.24, 2.45) is 4.99 Å². The molecule has 2 aromatic carbocycles. The topological polar surface area (TPSA) is 93.4 Å². The molecule has 0 N–H and O–H groups in total.